The largest absolute Gasteiger partial charge is 0.385 e. The second-order valence-electron chi connectivity index (χ2n) is 2.52. The Morgan fingerprint density at radius 1 is 1.58 bits per heavy atom. The smallest absolute Gasteiger partial charge is 0.191 e. The molecule has 1 heterocycles. The number of hydrogen-bond donors (Lipinski definition) is 1. The van der Waals surface area contributed by atoms with Gasteiger partial charge in [-0.15, -0.1) is 0 Å². The van der Waals surface area contributed by atoms with Crippen LogP contribution >= 0.6 is 0 Å². The SMILES string of the molecule is CCC(O)C(=O)c1ccncc1. The molecule has 1 aromatic heterocycles. The molecule has 0 aromatic carbocycles. The molecule has 12 heavy (non-hydrogen) atoms. The van der Waals surface area contributed by atoms with Crippen molar-refractivity contribution in [2.45, 2.75) is 19.4 Å². The van der Waals surface area contributed by atoms with E-state index in [9.17, 15) is 9.90 Å². The summed E-state index contributed by atoms with van der Waals surface area (Å²) in [6, 6.07) is 3.20. The normalized spacial score (nSPS) is 12.5. The predicted molar refractivity (Wildman–Crippen MR) is 44.9 cm³/mol. The number of hydrogen-bond acceptors (Lipinski definition) is 3. The second kappa shape index (κ2) is 3.97. The maximum atomic E-state index is 11.3. The Balaban J connectivity index is 2.79. The lowest BCUT2D eigenvalue weighted by molar-refractivity contribution is 0.0740. The lowest BCUT2D eigenvalue weighted by atomic mass is 10.1. The Morgan fingerprint density at radius 2 is 2.17 bits per heavy atom. The molecular formula is C9H11NO2. The van der Waals surface area contributed by atoms with E-state index in [4.69, 9.17) is 0 Å². The first-order chi connectivity index (χ1) is 5.75. The first-order valence-corrected chi connectivity index (χ1v) is 3.88. The average molecular weight is 165 g/mol. The highest BCUT2D eigenvalue weighted by Gasteiger charge is 2.13. The molecule has 0 saturated carbocycles. The van der Waals surface area contributed by atoms with Crippen LogP contribution in [0, 0.1) is 0 Å². The molecule has 0 fully saturated rings. The highest BCUT2D eigenvalue weighted by atomic mass is 16.3. The minimum atomic E-state index is -0.882. The van der Waals surface area contributed by atoms with Gasteiger partial charge >= 0.3 is 0 Å². The van der Waals surface area contributed by atoms with E-state index in [1.807, 2.05) is 0 Å². The molecule has 0 aliphatic carbocycles. The van der Waals surface area contributed by atoms with Gasteiger partial charge in [0.25, 0.3) is 0 Å². The third-order valence-electron chi connectivity index (χ3n) is 1.65. The molecule has 0 aliphatic heterocycles. The van der Waals surface area contributed by atoms with E-state index in [0.717, 1.165) is 0 Å². The zero-order valence-corrected chi connectivity index (χ0v) is 6.90. The summed E-state index contributed by atoms with van der Waals surface area (Å²) >= 11 is 0. The molecule has 0 amide bonds. The van der Waals surface area contributed by atoms with E-state index in [0.29, 0.717) is 12.0 Å². The number of aromatic nitrogens is 1. The minimum absolute atomic E-state index is 0.236. The minimum Gasteiger partial charge on any atom is -0.385 e. The number of aliphatic hydroxyl groups is 1. The number of nitrogens with zero attached hydrogens (tertiary/aromatic N) is 1. The molecule has 0 saturated heterocycles. The zero-order chi connectivity index (χ0) is 8.97. The molecule has 1 aromatic rings. The summed E-state index contributed by atoms with van der Waals surface area (Å²) in [5.74, 6) is -0.236. The number of carbonyl (C=O) groups excluding carboxylic acids is 1. The van der Waals surface area contributed by atoms with Crippen molar-refractivity contribution in [3.63, 3.8) is 0 Å². The van der Waals surface area contributed by atoms with Crippen LogP contribution in [-0.4, -0.2) is 22.0 Å². The van der Waals surface area contributed by atoms with Crippen molar-refractivity contribution < 1.29 is 9.90 Å². The van der Waals surface area contributed by atoms with Crippen LogP contribution in [0.1, 0.15) is 23.7 Å². The second-order valence-corrected chi connectivity index (χ2v) is 2.52. The van der Waals surface area contributed by atoms with Crippen LogP contribution in [0.3, 0.4) is 0 Å². The van der Waals surface area contributed by atoms with Gasteiger partial charge < -0.3 is 5.11 Å². The van der Waals surface area contributed by atoms with Crippen LogP contribution in [0.2, 0.25) is 0 Å². The van der Waals surface area contributed by atoms with Gasteiger partial charge in [0.1, 0.15) is 6.10 Å². The Kier molecular flexibility index (Phi) is 2.94. The van der Waals surface area contributed by atoms with Crippen molar-refractivity contribution in [2.24, 2.45) is 0 Å². The van der Waals surface area contributed by atoms with Gasteiger partial charge in [-0.1, -0.05) is 6.92 Å². The summed E-state index contributed by atoms with van der Waals surface area (Å²) in [5.41, 5.74) is 0.513. The molecule has 3 nitrogen and oxygen atoms in total. The Hall–Kier alpha value is -1.22. The van der Waals surface area contributed by atoms with Crippen LogP contribution in [0.25, 0.3) is 0 Å². The topological polar surface area (TPSA) is 50.2 Å². The van der Waals surface area contributed by atoms with Crippen LogP contribution in [0.5, 0.6) is 0 Å². The lowest BCUT2D eigenvalue weighted by Gasteiger charge is -2.04. The Bertz CT molecular complexity index is 258. The zero-order valence-electron chi connectivity index (χ0n) is 6.90. The highest BCUT2D eigenvalue weighted by molar-refractivity contribution is 5.99. The number of pyridine rings is 1. The van der Waals surface area contributed by atoms with E-state index < -0.39 is 6.10 Å². The monoisotopic (exact) mass is 165 g/mol. The molecule has 1 unspecified atom stereocenters. The predicted octanol–water partition coefficient (Wildman–Crippen LogP) is 1.04. The van der Waals surface area contributed by atoms with E-state index in [-0.39, 0.29) is 5.78 Å². The maximum Gasteiger partial charge on any atom is 0.191 e. The molecule has 0 spiro atoms. The van der Waals surface area contributed by atoms with E-state index in [1.54, 1.807) is 19.1 Å². The molecule has 1 atom stereocenters. The van der Waals surface area contributed by atoms with Gasteiger partial charge in [0.05, 0.1) is 0 Å². The summed E-state index contributed by atoms with van der Waals surface area (Å²) in [6.07, 6.45) is 2.64. The number of rotatable bonds is 3. The van der Waals surface area contributed by atoms with Crippen molar-refractivity contribution in [1.82, 2.24) is 4.98 Å². The third-order valence-corrected chi connectivity index (χ3v) is 1.65. The summed E-state index contributed by atoms with van der Waals surface area (Å²) in [5, 5.41) is 9.21. The number of carbonyl (C=O) groups is 1. The van der Waals surface area contributed by atoms with Crippen molar-refractivity contribution in [2.75, 3.05) is 0 Å². The third kappa shape index (κ3) is 1.89. The Morgan fingerprint density at radius 3 is 2.67 bits per heavy atom. The van der Waals surface area contributed by atoms with Gasteiger partial charge in [0.2, 0.25) is 0 Å². The van der Waals surface area contributed by atoms with Crippen molar-refractivity contribution >= 4 is 5.78 Å². The number of aliphatic hydroxyl groups excluding tert-OH is 1. The first kappa shape index (κ1) is 8.87. The van der Waals surface area contributed by atoms with Crippen LogP contribution in [-0.2, 0) is 0 Å². The summed E-state index contributed by atoms with van der Waals surface area (Å²) < 4.78 is 0. The fourth-order valence-corrected chi connectivity index (χ4v) is 0.894. The molecule has 0 bridgehead atoms. The quantitative estimate of drug-likeness (QED) is 0.681. The van der Waals surface area contributed by atoms with Gasteiger partial charge in [-0.3, -0.25) is 9.78 Å². The van der Waals surface area contributed by atoms with Gasteiger partial charge in [-0.25, -0.2) is 0 Å². The molecule has 1 rings (SSSR count). The Labute approximate surface area is 71.1 Å². The van der Waals surface area contributed by atoms with Crippen LogP contribution in [0.15, 0.2) is 24.5 Å². The van der Waals surface area contributed by atoms with Gasteiger partial charge in [-0.2, -0.15) is 0 Å². The van der Waals surface area contributed by atoms with Gasteiger partial charge in [-0.05, 0) is 18.6 Å². The molecular weight excluding hydrogens is 154 g/mol. The van der Waals surface area contributed by atoms with E-state index in [2.05, 4.69) is 4.98 Å². The lowest BCUT2D eigenvalue weighted by Crippen LogP contribution is -2.18. The van der Waals surface area contributed by atoms with Crippen LogP contribution < -0.4 is 0 Å². The first-order valence-electron chi connectivity index (χ1n) is 3.88. The van der Waals surface area contributed by atoms with Gasteiger partial charge in [0.15, 0.2) is 5.78 Å². The van der Waals surface area contributed by atoms with Crippen LogP contribution in [0.4, 0.5) is 0 Å². The van der Waals surface area contributed by atoms with Gasteiger partial charge in [0, 0.05) is 18.0 Å². The standard InChI is InChI=1S/C9H11NO2/c1-2-8(11)9(12)7-3-5-10-6-4-7/h3-6,8,11H,2H2,1H3. The average Bonchev–Trinajstić information content (AvgIpc) is 2.17. The molecule has 3 heteroatoms. The molecule has 0 radical (unpaired) electrons. The maximum absolute atomic E-state index is 11.3. The van der Waals surface area contributed by atoms with Crippen molar-refractivity contribution in [3.8, 4) is 0 Å². The van der Waals surface area contributed by atoms with E-state index in [1.165, 1.54) is 12.4 Å². The fourth-order valence-electron chi connectivity index (χ4n) is 0.894. The summed E-state index contributed by atoms with van der Waals surface area (Å²) in [6.45, 7) is 1.77. The molecule has 1 N–H and O–H groups in total. The number of ketones is 1. The molecule has 64 valence electrons. The van der Waals surface area contributed by atoms with Crippen molar-refractivity contribution in [3.05, 3.63) is 30.1 Å². The molecule has 0 aliphatic rings. The number of Topliss-reactive ketones (excluding diaryl/α,β-unsaturated/α-hetero) is 1. The fraction of sp³-hybridized carbons (Fsp3) is 0.333. The highest BCUT2D eigenvalue weighted by Crippen LogP contribution is 2.03. The summed E-state index contributed by atoms with van der Waals surface area (Å²) in [7, 11) is 0. The van der Waals surface area contributed by atoms with Crippen molar-refractivity contribution in [1.29, 1.82) is 0 Å². The summed E-state index contributed by atoms with van der Waals surface area (Å²) in [4.78, 5) is 15.1. The van der Waals surface area contributed by atoms with E-state index >= 15 is 0 Å².